The van der Waals surface area contributed by atoms with Gasteiger partial charge in [-0.2, -0.15) is 13.2 Å². The van der Waals surface area contributed by atoms with E-state index in [9.17, 15) is 18.0 Å². The molecule has 1 atom stereocenters. The molecular weight excluding hydrogens is 257 g/mol. The lowest BCUT2D eigenvalue weighted by molar-refractivity contribution is -0.135. The molecule has 0 aliphatic heterocycles. The summed E-state index contributed by atoms with van der Waals surface area (Å²) in [7, 11) is 0. The predicted molar refractivity (Wildman–Crippen MR) is 67.8 cm³/mol. The lowest BCUT2D eigenvalue weighted by Gasteiger charge is -2.14. The van der Waals surface area contributed by atoms with Crippen LogP contribution in [0.1, 0.15) is 19.8 Å². The van der Waals surface area contributed by atoms with Gasteiger partial charge in [-0.25, -0.2) is 0 Å². The number of carbonyl (C=O) groups is 1. The second-order valence-electron chi connectivity index (χ2n) is 4.25. The van der Waals surface area contributed by atoms with Crippen molar-refractivity contribution in [3.8, 4) is 0 Å². The van der Waals surface area contributed by atoms with E-state index in [1.165, 1.54) is 0 Å². The molecule has 0 saturated carbocycles. The maximum absolute atomic E-state index is 11.9. The largest absolute Gasteiger partial charge is 0.389 e. The third-order valence-corrected chi connectivity index (χ3v) is 2.52. The van der Waals surface area contributed by atoms with Gasteiger partial charge >= 0.3 is 6.18 Å². The van der Waals surface area contributed by atoms with Crippen LogP contribution >= 0.6 is 0 Å². The number of carbonyl (C=O) groups excluding carboxylic acids is 1. The Bertz CT molecular complexity index is 393. The first-order chi connectivity index (χ1) is 8.88. The van der Waals surface area contributed by atoms with E-state index in [4.69, 9.17) is 0 Å². The fraction of sp³-hybridized carbons (Fsp3) is 0.462. The van der Waals surface area contributed by atoms with Gasteiger partial charge in [0.2, 0.25) is 5.91 Å². The molecule has 0 bridgehead atoms. The number of benzene rings is 1. The zero-order valence-electron chi connectivity index (χ0n) is 10.6. The molecule has 0 fully saturated rings. The molecule has 0 aromatic heterocycles. The quantitative estimate of drug-likeness (QED) is 0.783. The highest BCUT2D eigenvalue weighted by Gasteiger charge is 2.26. The van der Waals surface area contributed by atoms with Gasteiger partial charge in [-0.05, 0) is 32.0 Å². The van der Waals surface area contributed by atoms with Gasteiger partial charge in [0.15, 0.2) is 0 Å². The zero-order valence-corrected chi connectivity index (χ0v) is 10.6. The van der Waals surface area contributed by atoms with Crippen molar-refractivity contribution in [2.75, 3.05) is 11.9 Å². The van der Waals surface area contributed by atoms with Crippen molar-refractivity contribution in [1.82, 2.24) is 5.32 Å². The molecule has 0 aliphatic carbocycles. The highest BCUT2D eigenvalue weighted by molar-refractivity contribution is 5.94. The lowest BCUT2D eigenvalue weighted by atomic mass is 10.2. The summed E-state index contributed by atoms with van der Waals surface area (Å²) in [4.78, 5) is 11.7. The first-order valence-corrected chi connectivity index (χ1v) is 6.04. The summed E-state index contributed by atoms with van der Waals surface area (Å²) in [6.07, 6.45) is -5.02. The number of halogens is 3. The molecule has 1 aromatic carbocycles. The minimum Gasteiger partial charge on any atom is -0.325 e. The fourth-order valence-electron chi connectivity index (χ4n) is 1.47. The summed E-state index contributed by atoms with van der Waals surface area (Å²) in [5, 5.41) is 5.44. The van der Waals surface area contributed by atoms with Crippen LogP contribution in [-0.2, 0) is 4.79 Å². The Balaban J connectivity index is 2.26. The van der Waals surface area contributed by atoms with Gasteiger partial charge in [0.1, 0.15) is 0 Å². The molecule has 1 amide bonds. The first kappa shape index (κ1) is 15.5. The van der Waals surface area contributed by atoms with Crippen molar-refractivity contribution < 1.29 is 18.0 Å². The Morgan fingerprint density at radius 3 is 2.47 bits per heavy atom. The minimum absolute atomic E-state index is 0.0353. The second kappa shape index (κ2) is 7.13. The van der Waals surface area contributed by atoms with Crippen LogP contribution in [-0.4, -0.2) is 24.7 Å². The highest BCUT2D eigenvalue weighted by Crippen LogP contribution is 2.20. The van der Waals surface area contributed by atoms with Gasteiger partial charge in [-0.1, -0.05) is 18.2 Å². The Hall–Kier alpha value is -1.56. The van der Waals surface area contributed by atoms with Crippen LogP contribution in [0.15, 0.2) is 30.3 Å². The van der Waals surface area contributed by atoms with Crippen LogP contribution < -0.4 is 10.6 Å². The third-order valence-electron chi connectivity index (χ3n) is 2.52. The molecule has 106 valence electrons. The number of rotatable bonds is 6. The van der Waals surface area contributed by atoms with Crippen LogP contribution in [0.5, 0.6) is 0 Å². The topological polar surface area (TPSA) is 41.1 Å². The molecule has 0 radical (unpaired) electrons. The van der Waals surface area contributed by atoms with E-state index in [-0.39, 0.29) is 18.9 Å². The summed E-state index contributed by atoms with van der Waals surface area (Å²) in [5.41, 5.74) is 0.663. The van der Waals surface area contributed by atoms with Crippen LogP contribution in [0.25, 0.3) is 0 Å². The predicted octanol–water partition coefficient (Wildman–Crippen LogP) is 2.95. The van der Waals surface area contributed by atoms with Crippen molar-refractivity contribution >= 4 is 11.6 Å². The molecule has 0 spiro atoms. The molecule has 6 heteroatoms. The number of anilines is 1. The minimum atomic E-state index is -4.14. The summed E-state index contributed by atoms with van der Waals surface area (Å²) >= 11 is 0. The van der Waals surface area contributed by atoms with Crippen LogP contribution in [0.4, 0.5) is 18.9 Å². The summed E-state index contributed by atoms with van der Waals surface area (Å²) in [6, 6.07) is 8.36. The standard InChI is InChI=1S/C13H17F3N2O/c1-10(17-9-5-8-13(14,15)16)12(19)18-11-6-3-2-4-7-11/h2-4,6-7,10,17H,5,8-9H2,1H3,(H,18,19). The first-order valence-electron chi connectivity index (χ1n) is 6.04. The summed E-state index contributed by atoms with van der Waals surface area (Å²) < 4.78 is 35.8. The summed E-state index contributed by atoms with van der Waals surface area (Å²) in [6.45, 7) is 1.77. The van der Waals surface area contributed by atoms with E-state index in [2.05, 4.69) is 10.6 Å². The van der Waals surface area contributed by atoms with E-state index in [1.807, 2.05) is 6.07 Å². The Morgan fingerprint density at radius 1 is 1.26 bits per heavy atom. The fourth-order valence-corrected chi connectivity index (χ4v) is 1.47. The average molecular weight is 274 g/mol. The number of amides is 1. The Kier molecular flexibility index (Phi) is 5.82. The van der Waals surface area contributed by atoms with Crippen molar-refractivity contribution in [2.24, 2.45) is 0 Å². The van der Waals surface area contributed by atoms with Crippen molar-refractivity contribution in [2.45, 2.75) is 32.0 Å². The maximum Gasteiger partial charge on any atom is 0.389 e. The van der Waals surface area contributed by atoms with Gasteiger partial charge in [-0.3, -0.25) is 4.79 Å². The number of hydrogen-bond donors (Lipinski definition) is 2. The van der Waals surface area contributed by atoms with E-state index in [0.29, 0.717) is 5.69 Å². The van der Waals surface area contributed by atoms with Gasteiger partial charge in [-0.15, -0.1) is 0 Å². The van der Waals surface area contributed by atoms with Crippen LogP contribution in [0, 0.1) is 0 Å². The third kappa shape index (κ3) is 6.81. The SMILES string of the molecule is CC(NCCCC(F)(F)F)C(=O)Nc1ccccc1. The molecule has 0 heterocycles. The number of hydrogen-bond acceptors (Lipinski definition) is 2. The lowest BCUT2D eigenvalue weighted by Crippen LogP contribution is -2.38. The molecular formula is C13H17F3N2O. The Labute approximate surface area is 110 Å². The maximum atomic E-state index is 11.9. The van der Waals surface area contributed by atoms with Crippen LogP contribution in [0.2, 0.25) is 0 Å². The monoisotopic (exact) mass is 274 g/mol. The molecule has 0 aliphatic rings. The van der Waals surface area contributed by atoms with Gasteiger partial charge in [0.25, 0.3) is 0 Å². The molecule has 1 aromatic rings. The molecule has 3 nitrogen and oxygen atoms in total. The average Bonchev–Trinajstić information content (AvgIpc) is 2.34. The molecule has 0 saturated heterocycles. The molecule has 2 N–H and O–H groups in total. The van der Waals surface area contributed by atoms with Gasteiger partial charge in [0, 0.05) is 12.1 Å². The molecule has 1 rings (SSSR count). The van der Waals surface area contributed by atoms with Gasteiger partial charge < -0.3 is 10.6 Å². The van der Waals surface area contributed by atoms with Crippen molar-refractivity contribution in [3.05, 3.63) is 30.3 Å². The van der Waals surface area contributed by atoms with E-state index >= 15 is 0 Å². The normalized spacial score (nSPS) is 13.1. The van der Waals surface area contributed by atoms with Gasteiger partial charge in [0.05, 0.1) is 6.04 Å². The van der Waals surface area contributed by atoms with Crippen molar-refractivity contribution in [3.63, 3.8) is 0 Å². The second-order valence-corrected chi connectivity index (χ2v) is 4.25. The number of para-hydroxylation sites is 1. The number of nitrogens with one attached hydrogen (secondary N) is 2. The van der Waals surface area contributed by atoms with E-state index in [1.54, 1.807) is 31.2 Å². The molecule has 19 heavy (non-hydrogen) atoms. The highest BCUT2D eigenvalue weighted by atomic mass is 19.4. The summed E-state index contributed by atoms with van der Waals surface area (Å²) in [5.74, 6) is -0.266. The van der Waals surface area contributed by atoms with E-state index in [0.717, 1.165) is 0 Å². The zero-order chi connectivity index (χ0) is 14.3. The van der Waals surface area contributed by atoms with E-state index < -0.39 is 18.6 Å². The smallest absolute Gasteiger partial charge is 0.325 e. The number of alkyl halides is 3. The Morgan fingerprint density at radius 2 is 1.89 bits per heavy atom. The van der Waals surface area contributed by atoms with Crippen LogP contribution in [0.3, 0.4) is 0 Å². The molecule has 1 unspecified atom stereocenters. The van der Waals surface area contributed by atoms with Crippen molar-refractivity contribution in [1.29, 1.82) is 0 Å².